The first kappa shape index (κ1) is 92.6. The van der Waals surface area contributed by atoms with E-state index in [1.165, 1.54) is 128 Å². The van der Waals surface area contributed by atoms with E-state index in [0.717, 1.165) is 89.9 Å². The number of ether oxygens (including phenoxy) is 4. The molecule has 0 aliphatic rings. The molecule has 0 saturated carbocycles. The maximum atomic E-state index is 13.0. The number of hydrogen-bond acceptors (Lipinski definition) is 17. The molecule has 0 aromatic carbocycles. The molecule has 6 atom stereocenters. The van der Waals surface area contributed by atoms with Crippen LogP contribution in [0.3, 0.4) is 0 Å². The molecule has 0 saturated heterocycles. The average molecular weight is 1410 g/mol. The van der Waals surface area contributed by atoms with Crippen LogP contribution in [-0.4, -0.2) is 141 Å². The van der Waals surface area contributed by atoms with Crippen molar-refractivity contribution in [3.63, 3.8) is 0 Å². The number of nitrogens with one attached hydrogen (secondary N) is 4. The van der Waals surface area contributed by atoms with Crippen LogP contribution in [-0.2, 0) is 74.9 Å². The van der Waals surface area contributed by atoms with Crippen molar-refractivity contribution in [3.05, 3.63) is 0 Å². The predicted molar refractivity (Wildman–Crippen MR) is 377 cm³/mol. The second kappa shape index (κ2) is 65.0. The Morgan fingerprint density at radius 1 is 0.354 bits per heavy atom. The second-order valence-electron chi connectivity index (χ2n) is 26.0. The van der Waals surface area contributed by atoms with Crippen LogP contribution in [0.4, 0.5) is 4.79 Å². The summed E-state index contributed by atoms with van der Waals surface area (Å²) in [5.74, 6) is -2.23. The molecule has 0 aliphatic heterocycles. The van der Waals surface area contributed by atoms with Crippen molar-refractivity contribution >= 4 is 57.0 Å². The highest BCUT2D eigenvalue weighted by atomic mass is 31.2. The van der Waals surface area contributed by atoms with Gasteiger partial charge < -0.3 is 50.0 Å². The monoisotopic (exact) mass is 1410 g/mol. The summed E-state index contributed by atoms with van der Waals surface area (Å²) < 4.78 is 69.1. The molecule has 2 unspecified atom stereocenters. The van der Waals surface area contributed by atoms with E-state index in [9.17, 15) is 52.5 Å². The van der Waals surface area contributed by atoms with Gasteiger partial charge in [0.15, 0.2) is 0 Å². The van der Waals surface area contributed by atoms with Crippen LogP contribution < -0.4 is 21.3 Å². The van der Waals surface area contributed by atoms with Crippen molar-refractivity contribution < 1.29 is 89.5 Å². The third-order valence-electron chi connectivity index (χ3n) is 16.3. The van der Waals surface area contributed by atoms with Gasteiger partial charge in [-0.1, -0.05) is 233 Å². The summed E-state index contributed by atoms with van der Waals surface area (Å²) >= 11 is 0. The Kier molecular flexibility index (Phi) is 62.7. The van der Waals surface area contributed by atoms with E-state index in [1.807, 2.05) is 0 Å². The molecule has 0 radical (unpaired) electrons. The molecule has 23 nitrogen and oxygen atoms in total. The van der Waals surface area contributed by atoms with E-state index < -0.39 is 84.2 Å². The number of phosphoric ester groups is 2. The molecule has 4 amide bonds. The Balaban J connectivity index is 5.21. The molecule has 25 heteroatoms. The predicted octanol–water partition coefficient (Wildman–Crippen LogP) is 15.8. The van der Waals surface area contributed by atoms with E-state index in [2.05, 4.69) is 49.0 Å². The molecular weight excluding hydrogens is 1270 g/mol. The van der Waals surface area contributed by atoms with Gasteiger partial charge in [-0.25, -0.2) is 13.9 Å². The SMILES string of the molecule is CCCCCCCCCCCC(=O)CC(=O)N[C@H](COCC[C@@H](C)OC(=O)CCCCCCCCCCC)COP(=O)(O)OCCNC(=O)NCCOP(=O)(O)OC[C@@H](COCC[C@@H](C)OC(=O)CCCCCCCCCCC)NC(=O)CC(=O)CCCCCCCCCCC. The molecule has 0 aromatic heterocycles. The first-order chi connectivity index (χ1) is 46.2. The number of urea groups is 1. The number of esters is 2. The number of ketones is 2. The minimum atomic E-state index is -4.77. The van der Waals surface area contributed by atoms with Crippen LogP contribution in [0.2, 0.25) is 0 Å². The molecule has 96 heavy (non-hydrogen) atoms. The van der Waals surface area contributed by atoms with Gasteiger partial charge in [-0.2, -0.15) is 0 Å². The van der Waals surface area contributed by atoms with Gasteiger partial charge in [0.1, 0.15) is 23.8 Å². The number of hydrogen-bond donors (Lipinski definition) is 6. The molecular formula is C71H136N4O19P2. The summed E-state index contributed by atoms with van der Waals surface area (Å²) in [5, 5.41) is 10.1. The molecule has 0 aromatic rings. The zero-order chi connectivity index (χ0) is 71.0. The molecule has 6 N–H and O–H groups in total. The molecule has 0 aliphatic carbocycles. The van der Waals surface area contributed by atoms with Crippen molar-refractivity contribution in [2.75, 3.05) is 65.9 Å². The van der Waals surface area contributed by atoms with Crippen LogP contribution in [0.25, 0.3) is 0 Å². The zero-order valence-electron chi connectivity index (χ0n) is 60.7. The number of rotatable bonds is 72. The number of phosphoric acid groups is 2. The van der Waals surface area contributed by atoms with E-state index >= 15 is 0 Å². The number of Topliss-reactive ketones (excluding diaryl/α,β-unsaturated/α-hetero) is 2. The lowest BCUT2D eigenvalue weighted by atomic mass is 10.0. The summed E-state index contributed by atoms with van der Waals surface area (Å²) in [6.45, 7) is 9.58. The third kappa shape index (κ3) is 64.0. The average Bonchev–Trinajstić information content (AvgIpc) is 1.52. The van der Waals surface area contributed by atoms with Crippen LogP contribution in [0.1, 0.15) is 324 Å². The standard InChI is InChI=1S/C71H136N4O19P2/c1-7-11-15-19-23-27-31-35-39-43-65(76)55-67(78)74-63(57-87-51-47-61(5)93-69(80)45-41-37-33-29-25-21-17-13-9-3)59-91-95(83,84)89-53-49-72-71(82)73-50-54-90-96(85,86)92-60-64(75-68(79)56-66(77)44-40-36-32-28-24-20-16-12-8-2)58-88-52-48-62(6)94-70(81)46-42-38-34-30-26-22-18-14-10-4/h61-64H,7-60H2,1-6H3,(H,74,78)(H,75,79)(H,83,84)(H,85,86)(H2,72,73,82)/t61-,62-,63-,64-/m1/s1. The molecule has 0 bridgehead atoms. The van der Waals surface area contributed by atoms with Gasteiger partial charge >= 0.3 is 33.6 Å². The fourth-order valence-corrected chi connectivity index (χ4v) is 12.1. The molecule has 564 valence electrons. The third-order valence-corrected chi connectivity index (χ3v) is 18.3. The quantitative estimate of drug-likeness (QED) is 0.0143. The lowest BCUT2D eigenvalue weighted by Gasteiger charge is -2.21. The highest BCUT2D eigenvalue weighted by Crippen LogP contribution is 2.44. The van der Waals surface area contributed by atoms with Gasteiger partial charge in [0.2, 0.25) is 11.8 Å². The van der Waals surface area contributed by atoms with Gasteiger partial charge in [0.05, 0.1) is 77.8 Å². The van der Waals surface area contributed by atoms with Crippen molar-refractivity contribution in [1.29, 1.82) is 0 Å². The zero-order valence-corrected chi connectivity index (χ0v) is 62.5. The Morgan fingerprint density at radius 2 is 0.625 bits per heavy atom. The van der Waals surface area contributed by atoms with Crippen molar-refractivity contribution in [1.82, 2.24) is 21.3 Å². The van der Waals surface area contributed by atoms with Crippen molar-refractivity contribution in [2.45, 2.75) is 348 Å². The van der Waals surface area contributed by atoms with Crippen LogP contribution in [0.5, 0.6) is 0 Å². The summed E-state index contributed by atoms with van der Waals surface area (Å²) in [6, 6.07) is -2.73. The fraction of sp³-hybridized carbons (Fsp3) is 0.901. The smallest absolute Gasteiger partial charge is 0.463 e. The van der Waals surface area contributed by atoms with Crippen LogP contribution >= 0.6 is 15.6 Å². The summed E-state index contributed by atoms with van der Waals surface area (Å²) in [5.41, 5.74) is 0. The van der Waals surface area contributed by atoms with Gasteiger partial charge in [-0.3, -0.25) is 46.9 Å². The van der Waals surface area contributed by atoms with E-state index in [4.69, 9.17) is 37.0 Å². The number of carbonyl (C=O) groups excluding carboxylic acids is 7. The van der Waals surface area contributed by atoms with Crippen molar-refractivity contribution in [2.24, 2.45) is 0 Å². The highest BCUT2D eigenvalue weighted by molar-refractivity contribution is 7.47. The van der Waals surface area contributed by atoms with Crippen molar-refractivity contribution in [3.8, 4) is 0 Å². The Morgan fingerprint density at radius 3 is 0.917 bits per heavy atom. The van der Waals surface area contributed by atoms with Gasteiger partial charge in [-0.15, -0.1) is 0 Å². The molecule has 0 rings (SSSR count). The summed E-state index contributed by atoms with van der Waals surface area (Å²) in [6.07, 6.45) is 40.1. The number of unbranched alkanes of at least 4 members (excludes halogenated alkanes) is 32. The first-order valence-electron chi connectivity index (χ1n) is 37.7. The molecule has 0 heterocycles. The largest absolute Gasteiger partial charge is 0.472 e. The minimum Gasteiger partial charge on any atom is -0.463 e. The Labute approximate surface area is 579 Å². The van der Waals surface area contributed by atoms with Gasteiger partial charge in [-0.05, 0) is 39.5 Å². The van der Waals surface area contributed by atoms with Crippen LogP contribution in [0.15, 0.2) is 0 Å². The highest BCUT2D eigenvalue weighted by Gasteiger charge is 2.27. The maximum absolute atomic E-state index is 13.0. The maximum Gasteiger partial charge on any atom is 0.472 e. The lowest BCUT2D eigenvalue weighted by Crippen LogP contribution is -2.42. The first-order valence-corrected chi connectivity index (χ1v) is 40.6. The Hall–Kier alpha value is -3.37. The van der Waals surface area contributed by atoms with E-state index in [1.54, 1.807) is 13.8 Å². The second-order valence-corrected chi connectivity index (χ2v) is 28.9. The number of carbonyl (C=O) groups is 7. The molecule has 0 fully saturated rings. The summed E-state index contributed by atoms with van der Waals surface area (Å²) in [7, 11) is -9.54. The Bertz CT molecular complexity index is 1920. The molecule has 0 spiro atoms. The van der Waals surface area contributed by atoms with Crippen LogP contribution in [0, 0.1) is 0 Å². The van der Waals surface area contributed by atoms with Gasteiger partial charge in [0.25, 0.3) is 0 Å². The minimum absolute atomic E-state index is 0.126. The topological polar surface area (TPSA) is 316 Å². The van der Waals surface area contributed by atoms with Gasteiger partial charge in [0, 0.05) is 51.6 Å². The summed E-state index contributed by atoms with van der Waals surface area (Å²) in [4.78, 5) is 110. The fourth-order valence-electron chi connectivity index (χ4n) is 10.6. The van der Waals surface area contributed by atoms with E-state index in [0.29, 0.717) is 38.5 Å². The normalized spacial score (nSPS) is 14.0. The van der Waals surface area contributed by atoms with E-state index in [-0.39, 0.29) is 88.7 Å². The number of amides is 4. The lowest BCUT2D eigenvalue weighted by molar-refractivity contribution is -0.150.